The van der Waals surface area contributed by atoms with Gasteiger partial charge in [0.05, 0.1) is 11.1 Å². The fourth-order valence-electron chi connectivity index (χ4n) is 5.05. The zero-order chi connectivity index (χ0) is 28.4. The molecule has 214 valence electrons. The van der Waals surface area contributed by atoms with Gasteiger partial charge in [0.1, 0.15) is 5.82 Å². The minimum Gasteiger partial charge on any atom is -0.341 e. The van der Waals surface area contributed by atoms with Gasteiger partial charge in [0.25, 0.3) is 5.91 Å². The minimum atomic E-state index is -5.05. The Hall–Kier alpha value is -2.31. The van der Waals surface area contributed by atoms with Gasteiger partial charge in [0.15, 0.2) is 0 Å². The van der Waals surface area contributed by atoms with E-state index in [4.69, 9.17) is 0 Å². The molecule has 0 unspecified atom stereocenters. The topological polar surface area (TPSA) is 26.8 Å². The maximum absolute atomic E-state index is 13.6. The van der Waals surface area contributed by atoms with Gasteiger partial charge in [-0.15, -0.1) is 0 Å². The molecule has 0 aliphatic carbocycles. The van der Waals surface area contributed by atoms with Gasteiger partial charge in [-0.05, 0) is 48.9 Å². The highest BCUT2D eigenvalue weighted by Crippen LogP contribution is 2.36. The summed E-state index contributed by atoms with van der Waals surface area (Å²) in [6, 6.07) is 7.16. The van der Waals surface area contributed by atoms with Crippen molar-refractivity contribution in [1.82, 2.24) is 14.7 Å². The number of amides is 1. The minimum absolute atomic E-state index is 0.00115. The lowest BCUT2D eigenvalue weighted by Crippen LogP contribution is -2.61. The van der Waals surface area contributed by atoms with Crippen LogP contribution in [-0.2, 0) is 12.4 Å². The van der Waals surface area contributed by atoms with Gasteiger partial charge in [0, 0.05) is 68.8 Å². The van der Waals surface area contributed by atoms with E-state index in [0.29, 0.717) is 31.1 Å². The van der Waals surface area contributed by atoms with Gasteiger partial charge in [-0.1, -0.05) is 12.1 Å². The summed E-state index contributed by atoms with van der Waals surface area (Å²) in [6.45, 7) is 4.72. The molecular formula is C27H30F7N3OS. The molecule has 0 saturated carbocycles. The Balaban J connectivity index is 1.46. The standard InChI is InChI=1S/C27H30F7N3OS/c1-35(25(38)20-12-21(26(29,30)31)14-22(13-20)27(32,33)34)15-19(18-2-4-23(28)5-3-18)6-7-36-16-24(17-36)37-8-10-39-11-9-37/h2-5,12-14,19,24H,6-11,15-17H2,1H3/t19-/m1/s1. The second-order valence-electron chi connectivity index (χ2n) is 10.1. The second-order valence-corrected chi connectivity index (χ2v) is 11.3. The van der Waals surface area contributed by atoms with Gasteiger partial charge in [0.2, 0.25) is 0 Å². The van der Waals surface area contributed by atoms with Crippen molar-refractivity contribution >= 4 is 17.7 Å². The third-order valence-electron chi connectivity index (χ3n) is 7.31. The van der Waals surface area contributed by atoms with E-state index < -0.39 is 40.8 Å². The van der Waals surface area contributed by atoms with E-state index in [1.54, 1.807) is 12.1 Å². The van der Waals surface area contributed by atoms with Crippen LogP contribution in [0.25, 0.3) is 0 Å². The van der Waals surface area contributed by atoms with E-state index in [1.807, 2.05) is 11.8 Å². The molecule has 0 N–H and O–H groups in total. The summed E-state index contributed by atoms with van der Waals surface area (Å²) in [5.74, 6) is 0.569. The molecule has 2 aromatic rings. The maximum Gasteiger partial charge on any atom is 0.416 e. The van der Waals surface area contributed by atoms with E-state index in [1.165, 1.54) is 19.2 Å². The first-order valence-electron chi connectivity index (χ1n) is 12.7. The first-order valence-corrected chi connectivity index (χ1v) is 13.8. The van der Waals surface area contributed by atoms with E-state index in [9.17, 15) is 35.5 Å². The zero-order valence-corrected chi connectivity index (χ0v) is 22.2. The van der Waals surface area contributed by atoms with Crippen LogP contribution >= 0.6 is 11.8 Å². The molecule has 2 aliphatic rings. The van der Waals surface area contributed by atoms with Crippen LogP contribution in [0.1, 0.15) is 39.4 Å². The smallest absolute Gasteiger partial charge is 0.341 e. The van der Waals surface area contributed by atoms with Gasteiger partial charge >= 0.3 is 12.4 Å². The van der Waals surface area contributed by atoms with Gasteiger partial charge in [-0.25, -0.2) is 4.39 Å². The number of thioether (sulfide) groups is 1. The average Bonchev–Trinajstić information content (AvgIpc) is 2.86. The van der Waals surface area contributed by atoms with Gasteiger partial charge in [-0.3, -0.25) is 9.69 Å². The first-order chi connectivity index (χ1) is 18.3. The van der Waals surface area contributed by atoms with Crippen LogP contribution in [-0.4, -0.2) is 84.5 Å². The quantitative estimate of drug-likeness (QED) is 0.369. The highest BCUT2D eigenvalue weighted by molar-refractivity contribution is 7.99. The number of nitrogens with zero attached hydrogens (tertiary/aromatic N) is 3. The molecule has 4 nitrogen and oxygen atoms in total. The first kappa shape index (κ1) is 29.7. The molecule has 2 heterocycles. The number of likely N-dealkylation sites (tertiary alicyclic amines) is 1. The molecule has 0 aromatic heterocycles. The molecule has 1 atom stereocenters. The number of hydrogen-bond acceptors (Lipinski definition) is 4. The summed E-state index contributed by atoms with van der Waals surface area (Å²) in [4.78, 5) is 19.0. The van der Waals surface area contributed by atoms with Crippen LogP contribution < -0.4 is 0 Å². The SMILES string of the molecule is CN(C[C@@H](CCN1CC(N2CCSCC2)C1)c1ccc(F)cc1)C(=O)c1cc(C(F)(F)F)cc(C(F)(F)F)c1. The predicted octanol–water partition coefficient (Wildman–Crippen LogP) is 5.84. The average molecular weight is 578 g/mol. The molecule has 0 bridgehead atoms. The van der Waals surface area contributed by atoms with Crippen molar-refractivity contribution < 1.29 is 35.5 Å². The Morgan fingerprint density at radius 1 is 0.974 bits per heavy atom. The van der Waals surface area contributed by atoms with E-state index >= 15 is 0 Å². The van der Waals surface area contributed by atoms with Crippen molar-refractivity contribution in [1.29, 1.82) is 0 Å². The van der Waals surface area contributed by atoms with Gasteiger partial charge < -0.3 is 9.80 Å². The molecule has 1 amide bonds. The highest BCUT2D eigenvalue weighted by atomic mass is 32.2. The van der Waals surface area contributed by atoms with E-state index in [-0.39, 0.29) is 18.5 Å². The maximum atomic E-state index is 13.6. The Morgan fingerprint density at radius 2 is 1.54 bits per heavy atom. The van der Waals surface area contributed by atoms with Crippen molar-refractivity contribution in [3.8, 4) is 0 Å². The zero-order valence-electron chi connectivity index (χ0n) is 21.4. The number of benzene rings is 2. The number of hydrogen-bond donors (Lipinski definition) is 0. The van der Waals surface area contributed by atoms with Crippen LogP contribution in [0.5, 0.6) is 0 Å². The largest absolute Gasteiger partial charge is 0.416 e. The molecule has 2 aromatic carbocycles. The molecule has 4 rings (SSSR count). The van der Waals surface area contributed by atoms with Crippen molar-refractivity contribution in [2.24, 2.45) is 0 Å². The predicted molar refractivity (Wildman–Crippen MR) is 136 cm³/mol. The third kappa shape index (κ3) is 7.67. The fraction of sp³-hybridized carbons (Fsp3) is 0.519. The summed E-state index contributed by atoms with van der Waals surface area (Å²) in [5, 5.41) is 0. The summed E-state index contributed by atoms with van der Waals surface area (Å²) in [6.07, 6.45) is -9.51. The highest BCUT2D eigenvalue weighted by Gasteiger charge is 2.38. The molecule has 0 spiro atoms. The van der Waals surface area contributed by atoms with E-state index in [2.05, 4.69) is 9.80 Å². The van der Waals surface area contributed by atoms with Crippen LogP contribution in [0.4, 0.5) is 30.7 Å². The van der Waals surface area contributed by atoms with Crippen molar-refractivity contribution in [2.45, 2.75) is 30.7 Å². The van der Waals surface area contributed by atoms with Crippen LogP contribution in [0.2, 0.25) is 0 Å². The molecule has 2 aliphatic heterocycles. The summed E-state index contributed by atoms with van der Waals surface area (Å²) in [7, 11) is 1.35. The Labute approximate surface area is 227 Å². The number of rotatable bonds is 8. The Kier molecular flexibility index (Phi) is 9.17. The Bertz CT molecular complexity index is 1100. The van der Waals surface area contributed by atoms with Crippen molar-refractivity contribution in [3.05, 3.63) is 70.5 Å². The van der Waals surface area contributed by atoms with Gasteiger partial charge in [-0.2, -0.15) is 38.1 Å². The molecular weight excluding hydrogens is 547 g/mol. The Morgan fingerprint density at radius 3 is 2.08 bits per heavy atom. The fourth-order valence-corrected chi connectivity index (χ4v) is 5.98. The van der Waals surface area contributed by atoms with Crippen LogP contribution in [0.15, 0.2) is 42.5 Å². The van der Waals surface area contributed by atoms with Crippen LogP contribution in [0, 0.1) is 5.82 Å². The number of carbonyl (C=O) groups is 1. The van der Waals surface area contributed by atoms with Crippen LogP contribution in [0.3, 0.4) is 0 Å². The number of halogens is 7. The summed E-state index contributed by atoms with van der Waals surface area (Å²) < 4.78 is 93.3. The molecule has 12 heteroatoms. The third-order valence-corrected chi connectivity index (χ3v) is 8.25. The lowest BCUT2D eigenvalue weighted by atomic mass is 9.93. The lowest BCUT2D eigenvalue weighted by molar-refractivity contribution is -0.143. The lowest BCUT2D eigenvalue weighted by Gasteiger charge is -2.47. The summed E-state index contributed by atoms with van der Waals surface area (Å²) >= 11 is 1.95. The number of carbonyl (C=O) groups excluding carboxylic acids is 1. The number of alkyl halides is 6. The monoisotopic (exact) mass is 577 g/mol. The molecule has 2 saturated heterocycles. The summed E-state index contributed by atoms with van der Waals surface area (Å²) in [5.41, 5.74) is -3.03. The molecule has 2 fully saturated rings. The van der Waals surface area contributed by atoms with Crippen molar-refractivity contribution in [2.75, 3.05) is 57.8 Å². The normalized spacial score (nSPS) is 18.6. The molecule has 0 radical (unpaired) electrons. The number of likely N-dealkylation sites (N-methyl/N-ethyl adjacent to an activating group) is 1. The van der Waals surface area contributed by atoms with Crippen molar-refractivity contribution in [3.63, 3.8) is 0 Å². The second kappa shape index (κ2) is 12.1. The molecule has 39 heavy (non-hydrogen) atoms. The van der Waals surface area contributed by atoms with E-state index in [0.717, 1.165) is 48.1 Å².